The molecule has 22 heavy (non-hydrogen) atoms. The quantitative estimate of drug-likeness (QED) is 0.802. The molecule has 0 radical (unpaired) electrons. The summed E-state index contributed by atoms with van der Waals surface area (Å²) in [7, 11) is 0. The van der Waals surface area contributed by atoms with Crippen molar-refractivity contribution in [2.45, 2.75) is 25.8 Å². The highest BCUT2D eigenvalue weighted by atomic mass is 15.1. The van der Waals surface area contributed by atoms with Crippen molar-refractivity contribution in [3.63, 3.8) is 0 Å². The summed E-state index contributed by atoms with van der Waals surface area (Å²) in [5.41, 5.74) is 4.60. The van der Waals surface area contributed by atoms with Gasteiger partial charge in [-0.05, 0) is 49.2 Å². The average molecular weight is 292 g/mol. The molecule has 0 bridgehead atoms. The second kappa shape index (κ2) is 5.89. The number of aromatic amines is 1. The summed E-state index contributed by atoms with van der Waals surface area (Å²) in [6.45, 7) is 3.51. The van der Waals surface area contributed by atoms with Gasteiger partial charge in [0.1, 0.15) is 0 Å². The molecule has 0 atom stereocenters. The third-order valence-electron chi connectivity index (χ3n) is 4.41. The van der Waals surface area contributed by atoms with Crippen LogP contribution in [0.25, 0.3) is 22.2 Å². The minimum absolute atomic E-state index is 0.841. The summed E-state index contributed by atoms with van der Waals surface area (Å²) in [6.07, 6.45) is 7.79. The Morgan fingerprint density at radius 1 is 1.00 bits per heavy atom. The largest absolute Gasteiger partial charge is 0.299 e. The molecule has 0 aliphatic carbocycles. The van der Waals surface area contributed by atoms with Crippen LogP contribution < -0.4 is 0 Å². The number of likely N-dealkylation sites (tertiary alicyclic amines) is 1. The van der Waals surface area contributed by atoms with Gasteiger partial charge in [0.25, 0.3) is 0 Å². The molecule has 0 spiro atoms. The van der Waals surface area contributed by atoms with Crippen LogP contribution in [0.2, 0.25) is 0 Å². The van der Waals surface area contributed by atoms with E-state index in [4.69, 9.17) is 0 Å². The van der Waals surface area contributed by atoms with Gasteiger partial charge in [-0.1, -0.05) is 24.6 Å². The summed E-state index contributed by atoms with van der Waals surface area (Å²) in [6, 6.07) is 11.0. The number of aromatic nitrogens is 3. The van der Waals surface area contributed by atoms with Gasteiger partial charge in [0.15, 0.2) is 5.65 Å². The molecule has 4 nitrogen and oxygen atoms in total. The molecule has 0 unspecified atom stereocenters. The molecule has 0 amide bonds. The molecule has 1 aliphatic rings. The molecule has 1 aliphatic heterocycles. The van der Waals surface area contributed by atoms with Crippen molar-refractivity contribution in [1.29, 1.82) is 0 Å². The Bertz CT molecular complexity index is 771. The van der Waals surface area contributed by atoms with E-state index in [0.29, 0.717) is 0 Å². The first kappa shape index (κ1) is 13.5. The summed E-state index contributed by atoms with van der Waals surface area (Å²) in [5.74, 6) is 0. The number of nitrogens with zero attached hydrogens (tertiary/aromatic N) is 3. The molecule has 2 aromatic heterocycles. The van der Waals surface area contributed by atoms with E-state index in [-0.39, 0.29) is 0 Å². The van der Waals surface area contributed by atoms with Crippen molar-refractivity contribution in [2.75, 3.05) is 13.1 Å². The zero-order valence-electron chi connectivity index (χ0n) is 12.6. The van der Waals surface area contributed by atoms with Crippen LogP contribution in [-0.4, -0.2) is 33.2 Å². The van der Waals surface area contributed by atoms with Crippen molar-refractivity contribution >= 4 is 11.0 Å². The van der Waals surface area contributed by atoms with E-state index in [1.54, 1.807) is 0 Å². The molecule has 4 heteroatoms. The maximum atomic E-state index is 4.43. The number of fused-ring (bicyclic) bond motifs is 1. The van der Waals surface area contributed by atoms with E-state index in [2.05, 4.69) is 50.4 Å². The Morgan fingerprint density at radius 3 is 2.82 bits per heavy atom. The molecule has 1 N–H and O–H groups in total. The highest BCUT2D eigenvalue weighted by Crippen LogP contribution is 2.23. The first-order valence-corrected chi connectivity index (χ1v) is 7.99. The fourth-order valence-electron chi connectivity index (χ4n) is 3.22. The van der Waals surface area contributed by atoms with Gasteiger partial charge in [-0.3, -0.25) is 10.00 Å². The van der Waals surface area contributed by atoms with Crippen LogP contribution in [-0.2, 0) is 6.54 Å². The molecule has 3 aromatic rings. The molecule has 1 aromatic carbocycles. The second-order valence-corrected chi connectivity index (χ2v) is 6.07. The van der Waals surface area contributed by atoms with Crippen LogP contribution in [0.4, 0.5) is 0 Å². The zero-order valence-corrected chi connectivity index (χ0v) is 12.6. The second-order valence-electron chi connectivity index (χ2n) is 6.07. The van der Waals surface area contributed by atoms with Gasteiger partial charge in [0.2, 0.25) is 0 Å². The maximum Gasteiger partial charge on any atom is 0.155 e. The van der Waals surface area contributed by atoms with Gasteiger partial charge in [0, 0.05) is 23.7 Å². The molecule has 3 heterocycles. The van der Waals surface area contributed by atoms with Gasteiger partial charge in [0.05, 0.1) is 6.20 Å². The Kier molecular flexibility index (Phi) is 3.60. The highest BCUT2D eigenvalue weighted by Gasteiger charge is 2.11. The van der Waals surface area contributed by atoms with Gasteiger partial charge in [-0.25, -0.2) is 4.98 Å². The van der Waals surface area contributed by atoms with Crippen LogP contribution in [0.1, 0.15) is 24.8 Å². The van der Waals surface area contributed by atoms with Gasteiger partial charge in [-0.2, -0.15) is 5.10 Å². The van der Waals surface area contributed by atoms with E-state index in [1.165, 1.54) is 43.5 Å². The van der Waals surface area contributed by atoms with Crippen molar-refractivity contribution in [3.8, 4) is 11.1 Å². The molecule has 0 saturated carbocycles. The smallest absolute Gasteiger partial charge is 0.155 e. The lowest BCUT2D eigenvalue weighted by molar-refractivity contribution is 0.221. The minimum Gasteiger partial charge on any atom is -0.299 e. The van der Waals surface area contributed by atoms with Crippen molar-refractivity contribution in [2.24, 2.45) is 0 Å². The van der Waals surface area contributed by atoms with Crippen LogP contribution in [0.5, 0.6) is 0 Å². The molecular formula is C18H20N4. The number of hydrogen-bond acceptors (Lipinski definition) is 3. The van der Waals surface area contributed by atoms with E-state index >= 15 is 0 Å². The predicted molar refractivity (Wildman–Crippen MR) is 88.5 cm³/mol. The topological polar surface area (TPSA) is 44.8 Å². The van der Waals surface area contributed by atoms with Crippen LogP contribution in [0, 0.1) is 0 Å². The Balaban J connectivity index is 1.60. The monoisotopic (exact) mass is 292 g/mol. The summed E-state index contributed by atoms with van der Waals surface area (Å²) >= 11 is 0. The number of benzene rings is 1. The summed E-state index contributed by atoms with van der Waals surface area (Å²) < 4.78 is 0. The number of pyridine rings is 1. The third kappa shape index (κ3) is 2.74. The van der Waals surface area contributed by atoms with Crippen LogP contribution >= 0.6 is 0 Å². The number of hydrogen-bond donors (Lipinski definition) is 1. The lowest BCUT2D eigenvalue weighted by atomic mass is 10.0. The number of H-pyrrole nitrogens is 1. The Morgan fingerprint density at radius 2 is 1.91 bits per heavy atom. The zero-order chi connectivity index (χ0) is 14.8. The van der Waals surface area contributed by atoms with E-state index < -0.39 is 0 Å². The van der Waals surface area contributed by atoms with Gasteiger partial charge in [-0.15, -0.1) is 0 Å². The third-order valence-corrected chi connectivity index (χ3v) is 4.41. The standard InChI is InChI=1S/C18H20N4/c1-2-7-22(8-3-1)13-14-5-4-6-15(9-14)16-10-17-12-20-21-18(17)19-11-16/h4-6,9-12H,1-3,7-8,13H2,(H,19,20,21). The van der Waals surface area contributed by atoms with Crippen molar-refractivity contribution in [3.05, 3.63) is 48.3 Å². The summed E-state index contributed by atoms with van der Waals surface area (Å²) in [4.78, 5) is 6.99. The maximum absolute atomic E-state index is 4.43. The SMILES string of the molecule is c1cc(CN2CCCCC2)cc(-c2cnc3[nH]ncc3c2)c1. The average Bonchev–Trinajstić information content (AvgIpc) is 3.04. The van der Waals surface area contributed by atoms with Gasteiger partial charge < -0.3 is 0 Å². The van der Waals surface area contributed by atoms with Crippen LogP contribution in [0.3, 0.4) is 0 Å². The highest BCUT2D eigenvalue weighted by molar-refractivity contribution is 5.80. The lowest BCUT2D eigenvalue weighted by Gasteiger charge is -2.26. The van der Waals surface area contributed by atoms with E-state index in [1.807, 2.05) is 12.4 Å². The molecule has 1 saturated heterocycles. The lowest BCUT2D eigenvalue weighted by Crippen LogP contribution is -2.29. The first-order valence-electron chi connectivity index (χ1n) is 7.99. The number of rotatable bonds is 3. The molecule has 1 fully saturated rings. The van der Waals surface area contributed by atoms with E-state index in [0.717, 1.165) is 23.1 Å². The fourth-order valence-corrected chi connectivity index (χ4v) is 3.22. The van der Waals surface area contributed by atoms with Crippen molar-refractivity contribution < 1.29 is 0 Å². The van der Waals surface area contributed by atoms with E-state index in [9.17, 15) is 0 Å². The number of nitrogens with one attached hydrogen (secondary N) is 1. The van der Waals surface area contributed by atoms with Gasteiger partial charge >= 0.3 is 0 Å². The number of piperidine rings is 1. The fraction of sp³-hybridized carbons (Fsp3) is 0.333. The first-order chi connectivity index (χ1) is 10.9. The molecule has 112 valence electrons. The predicted octanol–water partition coefficient (Wildman–Crippen LogP) is 3.61. The molecular weight excluding hydrogens is 272 g/mol. The van der Waals surface area contributed by atoms with Crippen LogP contribution in [0.15, 0.2) is 42.7 Å². The Labute approximate surface area is 130 Å². The van der Waals surface area contributed by atoms with Crippen molar-refractivity contribution in [1.82, 2.24) is 20.1 Å². The molecule has 4 rings (SSSR count). The minimum atomic E-state index is 0.841. The Hall–Kier alpha value is -2.20. The summed E-state index contributed by atoms with van der Waals surface area (Å²) in [5, 5.41) is 7.99. The normalized spacial score (nSPS) is 16.2.